The van der Waals surface area contributed by atoms with E-state index in [1.165, 1.54) is 6.07 Å². The predicted molar refractivity (Wildman–Crippen MR) is 75.1 cm³/mol. The normalized spacial score (nSPS) is 10.9. The minimum absolute atomic E-state index is 0.328. The highest BCUT2D eigenvalue weighted by atomic mass is 19.1. The van der Waals surface area contributed by atoms with E-state index in [1.54, 1.807) is 25.4 Å². The molecule has 0 amide bonds. The van der Waals surface area contributed by atoms with Crippen LogP contribution < -0.4 is 4.74 Å². The average molecular weight is 271 g/mol. The van der Waals surface area contributed by atoms with Crippen molar-refractivity contribution in [1.82, 2.24) is 14.5 Å². The fourth-order valence-corrected chi connectivity index (χ4v) is 2.34. The summed E-state index contributed by atoms with van der Waals surface area (Å²) in [4.78, 5) is 8.73. The van der Waals surface area contributed by atoms with Crippen LogP contribution in [0.5, 0.6) is 5.75 Å². The minimum atomic E-state index is -0.328. The summed E-state index contributed by atoms with van der Waals surface area (Å²) in [7, 11) is 1.58. The summed E-state index contributed by atoms with van der Waals surface area (Å²) in [5, 5.41) is 0. The highest BCUT2D eigenvalue weighted by Gasteiger charge is 2.17. The number of halogens is 1. The molecule has 2 aromatic heterocycles. The molecule has 0 radical (unpaired) electrons. The van der Waals surface area contributed by atoms with Gasteiger partial charge >= 0.3 is 0 Å². The lowest BCUT2D eigenvalue weighted by Gasteiger charge is -2.08. The number of imidazole rings is 1. The summed E-state index contributed by atoms with van der Waals surface area (Å²) in [5.41, 5.74) is 1.74. The molecule has 0 saturated carbocycles. The first-order chi connectivity index (χ1) is 9.76. The zero-order chi connectivity index (χ0) is 14.1. The highest BCUT2D eigenvalue weighted by Crippen LogP contribution is 2.30. The van der Waals surface area contributed by atoms with Crippen LogP contribution in [0.3, 0.4) is 0 Å². The molecule has 0 atom stereocenters. The summed E-state index contributed by atoms with van der Waals surface area (Å²) < 4.78 is 21.1. The Balaban J connectivity index is 2.33. The molecule has 0 saturated heterocycles. The lowest BCUT2D eigenvalue weighted by Crippen LogP contribution is -2.00. The monoisotopic (exact) mass is 271 g/mol. The van der Waals surface area contributed by atoms with Crippen LogP contribution in [0.4, 0.5) is 4.39 Å². The number of nitrogens with zero attached hydrogens (tertiary/aromatic N) is 3. The average Bonchev–Trinajstić information content (AvgIpc) is 2.87. The van der Waals surface area contributed by atoms with Crippen molar-refractivity contribution < 1.29 is 9.13 Å². The summed E-state index contributed by atoms with van der Waals surface area (Å²) in [5.74, 6) is 0.911. The predicted octanol–water partition coefficient (Wildman–Crippen LogP) is 3.27. The summed E-state index contributed by atoms with van der Waals surface area (Å²) >= 11 is 0. The van der Waals surface area contributed by atoms with Gasteiger partial charge in [0.05, 0.1) is 12.6 Å². The van der Waals surface area contributed by atoms with Gasteiger partial charge in [-0.15, -0.1) is 0 Å². The fourth-order valence-electron chi connectivity index (χ4n) is 2.34. The molecular weight excluding hydrogens is 257 g/mol. The molecule has 0 fully saturated rings. The summed E-state index contributed by atoms with van der Waals surface area (Å²) in [6.07, 6.45) is 1.67. The van der Waals surface area contributed by atoms with E-state index in [4.69, 9.17) is 4.74 Å². The Hall–Kier alpha value is -2.43. The van der Waals surface area contributed by atoms with Gasteiger partial charge in [0.2, 0.25) is 0 Å². The second kappa shape index (κ2) is 4.92. The topological polar surface area (TPSA) is 39.9 Å². The molecule has 0 N–H and O–H groups in total. The number of ether oxygens (including phenoxy) is 1. The molecule has 5 heteroatoms. The van der Waals surface area contributed by atoms with E-state index >= 15 is 0 Å². The number of rotatable bonds is 3. The summed E-state index contributed by atoms with van der Waals surface area (Å²) in [6, 6.07) is 8.56. The third-order valence-corrected chi connectivity index (χ3v) is 3.25. The molecule has 0 aliphatic rings. The van der Waals surface area contributed by atoms with Crippen LogP contribution in [-0.4, -0.2) is 21.6 Å². The molecule has 3 aromatic rings. The molecule has 4 nitrogen and oxygen atoms in total. The van der Waals surface area contributed by atoms with Gasteiger partial charge in [0.15, 0.2) is 11.6 Å². The number of aryl methyl sites for hydroxylation is 1. The molecule has 0 aliphatic heterocycles. The first-order valence-corrected chi connectivity index (χ1v) is 6.40. The first-order valence-electron chi connectivity index (χ1n) is 6.40. The van der Waals surface area contributed by atoms with Gasteiger partial charge in [-0.2, -0.15) is 0 Å². The number of methoxy groups -OCH3 is 1. The van der Waals surface area contributed by atoms with Crippen LogP contribution in [0.2, 0.25) is 0 Å². The van der Waals surface area contributed by atoms with Crippen molar-refractivity contribution in [2.24, 2.45) is 0 Å². The van der Waals surface area contributed by atoms with Crippen LogP contribution >= 0.6 is 0 Å². The zero-order valence-electron chi connectivity index (χ0n) is 11.3. The van der Waals surface area contributed by atoms with Crippen LogP contribution in [0.1, 0.15) is 6.92 Å². The number of fused-ring (bicyclic) bond motifs is 1. The van der Waals surface area contributed by atoms with Gasteiger partial charge in [-0.3, -0.25) is 0 Å². The van der Waals surface area contributed by atoms with E-state index in [1.807, 2.05) is 23.6 Å². The van der Waals surface area contributed by atoms with E-state index in [-0.39, 0.29) is 5.82 Å². The molecule has 0 unspecified atom stereocenters. The number of hydrogen-bond donors (Lipinski definition) is 0. The number of hydrogen-bond acceptors (Lipinski definition) is 3. The Labute approximate surface area is 115 Å². The lowest BCUT2D eigenvalue weighted by atomic mass is 10.3. The van der Waals surface area contributed by atoms with Gasteiger partial charge in [-0.1, -0.05) is 6.07 Å². The first kappa shape index (κ1) is 12.6. The summed E-state index contributed by atoms with van der Waals surface area (Å²) in [6.45, 7) is 2.67. The molecule has 1 aromatic carbocycles. The second-order valence-electron chi connectivity index (χ2n) is 4.34. The Morgan fingerprint density at radius 2 is 2.10 bits per heavy atom. The maximum absolute atomic E-state index is 13.9. The van der Waals surface area contributed by atoms with Crippen LogP contribution in [0, 0.1) is 5.82 Å². The van der Waals surface area contributed by atoms with Gasteiger partial charge in [0, 0.05) is 12.7 Å². The van der Waals surface area contributed by atoms with Crippen LogP contribution in [0.15, 0.2) is 36.5 Å². The minimum Gasteiger partial charge on any atom is -0.494 e. The van der Waals surface area contributed by atoms with Crippen molar-refractivity contribution >= 4 is 11.0 Å². The van der Waals surface area contributed by atoms with Crippen molar-refractivity contribution in [1.29, 1.82) is 0 Å². The molecule has 20 heavy (non-hydrogen) atoms. The Bertz CT molecular complexity index is 767. The third kappa shape index (κ3) is 1.82. The number of aromatic nitrogens is 3. The zero-order valence-corrected chi connectivity index (χ0v) is 11.3. The number of pyridine rings is 1. The third-order valence-electron chi connectivity index (χ3n) is 3.25. The maximum atomic E-state index is 13.9. The molecule has 3 rings (SSSR count). The van der Waals surface area contributed by atoms with Crippen molar-refractivity contribution in [2.45, 2.75) is 13.5 Å². The lowest BCUT2D eigenvalue weighted by molar-refractivity contribution is 0.414. The Kier molecular flexibility index (Phi) is 3.10. The molecular formula is C15H14FN3O. The smallest absolute Gasteiger partial charge is 0.163 e. The highest BCUT2D eigenvalue weighted by molar-refractivity contribution is 5.81. The number of benzene rings is 1. The largest absolute Gasteiger partial charge is 0.494 e. The van der Waals surface area contributed by atoms with Crippen LogP contribution in [-0.2, 0) is 6.54 Å². The molecule has 102 valence electrons. The molecule has 2 heterocycles. The van der Waals surface area contributed by atoms with E-state index in [9.17, 15) is 4.39 Å². The fraction of sp³-hybridized carbons (Fsp3) is 0.200. The van der Waals surface area contributed by atoms with Gasteiger partial charge in [0.25, 0.3) is 0 Å². The van der Waals surface area contributed by atoms with E-state index in [2.05, 4.69) is 9.97 Å². The van der Waals surface area contributed by atoms with Crippen molar-refractivity contribution in [3.63, 3.8) is 0 Å². The quantitative estimate of drug-likeness (QED) is 0.734. The maximum Gasteiger partial charge on any atom is 0.163 e. The standard InChI is InChI=1S/C15H14FN3O/c1-3-19-11-7-4-6-10(16)13(11)18-15(19)14-12(20-2)8-5-9-17-14/h4-9H,3H2,1-2H3. The number of para-hydroxylation sites is 1. The van der Waals surface area contributed by atoms with Gasteiger partial charge < -0.3 is 9.30 Å². The Morgan fingerprint density at radius 3 is 2.85 bits per heavy atom. The van der Waals surface area contributed by atoms with Crippen molar-refractivity contribution in [2.75, 3.05) is 7.11 Å². The second-order valence-corrected chi connectivity index (χ2v) is 4.34. The van der Waals surface area contributed by atoms with E-state index < -0.39 is 0 Å². The van der Waals surface area contributed by atoms with Crippen molar-refractivity contribution in [3.05, 3.63) is 42.3 Å². The van der Waals surface area contributed by atoms with E-state index in [0.29, 0.717) is 29.3 Å². The van der Waals surface area contributed by atoms with Crippen LogP contribution in [0.25, 0.3) is 22.6 Å². The molecule has 0 bridgehead atoms. The Morgan fingerprint density at radius 1 is 1.25 bits per heavy atom. The SMILES string of the molecule is CCn1c(-c2ncccc2OC)nc2c(F)cccc21. The molecule has 0 spiro atoms. The van der Waals surface area contributed by atoms with E-state index in [0.717, 1.165) is 5.52 Å². The van der Waals surface area contributed by atoms with Gasteiger partial charge in [-0.25, -0.2) is 14.4 Å². The van der Waals surface area contributed by atoms with Crippen molar-refractivity contribution in [3.8, 4) is 17.3 Å². The van der Waals surface area contributed by atoms with Gasteiger partial charge in [0.1, 0.15) is 17.0 Å². The molecule has 0 aliphatic carbocycles. The van der Waals surface area contributed by atoms with Gasteiger partial charge in [-0.05, 0) is 31.2 Å².